The van der Waals surface area contributed by atoms with Gasteiger partial charge >= 0.3 is 0 Å². The summed E-state index contributed by atoms with van der Waals surface area (Å²) in [5.74, 6) is 0.925. The Balaban J connectivity index is 1.45. The Hall–Kier alpha value is -2.93. The van der Waals surface area contributed by atoms with Crippen LogP contribution in [0.15, 0.2) is 24.4 Å². The third-order valence-corrected chi connectivity index (χ3v) is 7.41. The smallest absolute Gasteiger partial charge is 0.224 e. The van der Waals surface area contributed by atoms with Gasteiger partial charge in [-0.25, -0.2) is 4.98 Å². The summed E-state index contributed by atoms with van der Waals surface area (Å²) in [6, 6.07) is 6.09. The minimum absolute atomic E-state index is 0.0871. The van der Waals surface area contributed by atoms with Crippen LogP contribution in [0.1, 0.15) is 55.5 Å². The fourth-order valence-electron chi connectivity index (χ4n) is 5.66. The van der Waals surface area contributed by atoms with Gasteiger partial charge in [0.2, 0.25) is 11.8 Å². The van der Waals surface area contributed by atoms with Crippen molar-refractivity contribution in [1.29, 1.82) is 0 Å². The van der Waals surface area contributed by atoms with E-state index in [-0.39, 0.29) is 24.7 Å². The first-order valence-corrected chi connectivity index (χ1v) is 12.7. The SMILES string of the molecule is Cc1cnc(C)n2c1c(CCN1CCCC1)c1c(NC(=O)CCC(=O)N3CCCC3)cccc12. The van der Waals surface area contributed by atoms with Crippen molar-refractivity contribution in [3.05, 3.63) is 41.3 Å². The second-order valence-corrected chi connectivity index (χ2v) is 9.79. The van der Waals surface area contributed by atoms with Crippen LogP contribution in [0.4, 0.5) is 5.69 Å². The normalized spacial score (nSPS) is 16.7. The molecule has 1 N–H and O–H groups in total. The molecule has 7 nitrogen and oxygen atoms in total. The Bertz CT molecular complexity index is 1220. The molecule has 0 radical (unpaired) electrons. The van der Waals surface area contributed by atoms with Crippen molar-refractivity contribution in [2.45, 2.75) is 58.8 Å². The van der Waals surface area contributed by atoms with Crippen LogP contribution in [0, 0.1) is 13.8 Å². The number of aryl methyl sites for hydroxylation is 2. The van der Waals surface area contributed by atoms with Crippen LogP contribution >= 0.6 is 0 Å². The number of hydrogen-bond donors (Lipinski definition) is 1. The van der Waals surface area contributed by atoms with Crippen molar-refractivity contribution >= 4 is 33.9 Å². The molecule has 3 aromatic rings. The number of aromatic nitrogens is 2. The van der Waals surface area contributed by atoms with E-state index in [0.717, 1.165) is 80.0 Å². The first-order chi connectivity index (χ1) is 16.5. The van der Waals surface area contributed by atoms with E-state index in [9.17, 15) is 9.59 Å². The van der Waals surface area contributed by atoms with Crippen molar-refractivity contribution < 1.29 is 9.59 Å². The largest absolute Gasteiger partial charge is 0.343 e. The summed E-state index contributed by atoms with van der Waals surface area (Å²) >= 11 is 0. The molecule has 2 aliphatic rings. The first-order valence-electron chi connectivity index (χ1n) is 12.7. The fourth-order valence-corrected chi connectivity index (χ4v) is 5.66. The molecule has 5 rings (SSSR count). The Morgan fingerprint density at radius 3 is 2.50 bits per heavy atom. The molecule has 0 aliphatic carbocycles. The van der Waals surface area contributed by atoms with Crippen molar-refractivity contribution in [2.24, 2.45) is 0 Å². The molecule has 180 valence electrons. The number of amides is 2. The Morgan fingerprint density at radius 1 is 1.00 bits per heavy atom. The Morgan fingerprint density at radius 2 is 1.74 bits per heavy atom. The molecule has 2 saturated heterocycles. The van der Waals surface area contributed by atoms with E-state index in [1.54, 1.807) is 0 Å². The summed E-state index contributed by atoms with van der Waals surface area (Å²) in [6.45, 7) is 9.14. The zero-order chi connectivity index (χ0) is 23.7. The highest BCUT2D eigenvalue weighted by atomic mass is 16.2. The number of rotatable bonds is 7. The molecule has 2 amide bonds. The molecule has 0 unspecified atom stereocenters. The van der Waals surface area contributed by atoms with Gasteiger partial charge in [-0.05, 0) is 82.3 Å². The van der Waals surface area contributed by atoms with E-state index >= 15 is 0 Å². The molecule has 0 saturated carbocycles. The van der Waals surface area contributed by atoms with Crippen molar-refractivity contribution in [3.63, 3.8) is 0 Å². The van der Waals surface area contributed by atoms with Gasteiger partial charge in [-0.3, -0.25) is 14.0 Å². The second-order valence-electron chi connectivity index (χ2n) is 9.79. The highest BCUT2D eigenvalue weighted by Gasteiger charge is 2.22. The van der Waals surface area contributed by atoms with Gasteiger partial charge in [0.1, 0.15) is 5.82 Å². The summed E-state index contributed by atoms with van der Waals surface area (Å²) in [4.78, 5) is 34.3. The summed E-state index contributed by atoms with van der Waals surface area (Å²) < 4.78 is 2.23. The third-order valence-electron chi connectivity index (χ3n) is 7.41. The average molecular weight is 462 g/mol. The summed E-state index contributed by atoms with van der Waals surface area (Å²) in [6.07, 6.45) is 8.04. The maximum Gasteiger partial charge on any atom is 0.224 e. The summed E-state index contributed by atoms with van der Waals surface area (Å²) in [5, 5.41) is 4.24. The Labute approximate surface area is 201 Å². The monoisotopic (exact) mass is 461 g/mol. The van der Waals surface area contributed by atoms with Gasteiger partial charge in [0.25, 0.3) is 0 Å². The van der Waals surface area contributed by atoms with Crippen molar-refractivity contribution in [3.8, 4) is 0 Å². The molecular formula is C27H35N5O2. The van der Waals surface area contributed by atoms with Gasteiger partial charge < -0.3 is 15.1 Å². The molecule has 4 heterocycles. The molecular weight excluding hydrogens is 426 g/mol. The number of anilines is 1. The maximum absolute atomic E-state index is 12.9. The van der Waals surface area contributed by atoms with Gasteiger partial charge in [0.15, 0.2) is 0 Å². The fraction of sp³-hybridized carbons (Fsp3) is 0.519. The highest BCUT2D eigenvalue weighted by Crippen LogP contribution is 2.35. The number of nitrogens with zero attached hydrogens (tertiary/aromatic N) is 4. The lowest BCUT2D eigenvalue weighted by atomic mass is 10.0. The van der Waals surface area contributed by atoms with E-state index in [2.05, 4.69) is 32.6 Å². The third kappa shape index (κ3) is 4.41. The van der Waals surface area contributed by atoms with Gasteiger partial charge in [-0.1, -0.05) is 6.07 Å². The van der Waals surface area contributed by atoms with Crippen LogP contribution < -0.4 is 5.32 Å². The van der Waals surface area contributed by atoms with Crippen molar-refractivity contribution in [1.82, 2.24) is 19.2 Å². The first kappa shape index (κ1) is 22.8. The molecule has 0 bridgehead atoms. The molecule has 2 aliphatic heterocycles. The molecule has 1 aromatic carbocycles. The van der Waals surface area contributed by atoms with Gasteiger partial charge in [0, 0.05) is 44.1 Å². The number of carbonyl (C=O) groups excluding carboxylic acids is 2. The van der Waals surface area contributed by atoms with Crippen LogP contribution in [0.2, 0.25) is 0 Å². The highest BCUT2D eigenvalue weighted by molar-refractivity contribution is 6.07. The number of nitrogens with one attached hydrogen (secondary N) is 1. The molecule has 7 heteroatoms. The average Bonchev–Trinajstić information content (AvgIpc) is 3.59. The van der Waals surface area contributed by atoms with Crippen LogP contribution in [-0.2, 0) is 16.0 Å². The van der Waals surface area contributed by atoms with Crippen LogP contribution in [0.5, 0.6) is 0 Å². The lowest BCUT2D eigenvalue weighted by molar-refractivity contribution is -0.131. The van der Waals surface area contributed by atoms with E-state index in [0.29, 0.717) is 0 Å². The number of hydrogen-bond acceptors (Lipinski definition) is 4. The lowest BCUT2D eigenvalue weighted by Crippen LogP contribution is -2.28. The second kappa shape index (κ2) is 9.74. The standard InChI is InChI=1S/C27H35N5O2/c1-19-18-28-20(2)32-23-9-7-8-22(29-24(33)10-11-25(34)31-15-5-6-16-31)26(23)21(27(19)32)12-17-30-13-3-4-14-30/h7-9,18H,3-6,10-17H2,1-2H3,(H,29,33). The molecule has 2 fully saturated rings. The lowest BCUT2D eigenvalue weighted by Gasteiger charge is -2.16. The van der Waals surface area contributed by atoms with E-state index in [1.165, 1.54) is 23.9 Å². The number of carbonyl (C=O) groups is 2. The Kier molecular flexibility index (Phi) is 6.55. The van der Waals surface area contributed by atoms with Crippen LogP contribution in [-0.4, -0.2) is 63.7 Å². The van der Waals surface area contributed by atoms with Gasteiger partial charge in [-0.15, -0.1) is 0 Å². The maximum atomic E-state index is 12.9. The summed E-state index contributed by atoms with van der Waals surface area (Å²) in [7, 11) is 0. The van der Waals surface area contributed by atoms with Crippen LogP contribution in [0.25, 0.3) is 16.4 Å². The predicted octanol–water partition coefficient (Wildman–Crippen LogP) is 4.08. The van der Waals surface area contributed by atoms with E-state index in [4.69, 9.17) is 0 Å². The number of fused-ring (bicyclic) bond motifs is 3. The number of benzene rings is 1. The molecule has 34 heavy (non-hydrogen) atoms. The zero-order valence-corrected chi connectivity index (χ0v) is 20.4. The van der Waals surface area contributed by atoms with Crippen LogP contribution in [0.3, 0.4) is 0 Å². The van der Waals surface area contributed by atoms with E-state index in [1.807, 2.05) is 30.2 Å². The van der Waals surface area contributed by atoms with Gasteiger partial charge in [0.05, 0.1) is 16.7 Å². The minimum atomic E-state index is -0.104. The summed E-state index contributed by atoms with van der Waals surface area (Å²) in [5.41, 5.74) is 5.52. The molecule has 2 aromatic heterocycles. The minimum Gasteiger partial charge on any atom is -0.343 e. The van der Waals surface area contributed by atoms with Crippen molar-refractivity contribution in [2.75, 3.05) is 38.0 Å². The molecule has 0 spiro atoms. The van der Waals surface area contributed by atoms with E-state index < -0.39 is 0 Å². The predicted molar refractivity (Wildman–Crippen MR) is 135 cm³/mol. The zero-order valence-electron chi connectivity index (χ0n) is 20.4. The topological polar surface area (TPSA) is 70.0 Å². The van der Waals surface area contributed by atoms with Gasteiger partial charge in [-0.2, -0.15) is 0 Å². The molecule has 0 atom stereocenters. The number of likely N-dealkylation sites (tertiary alicyclic amines) is 2. The quantitative estimate of drug-likeness (QED) is 0.576.